The van der Waals surface area contributed by atoms with Gasteiger partial charge in [0.2, 0.25) is 5.91 Å². The molecule has 0 saturated carbocycles. The molecule has 0 unspecified atom stereocenters. The monoisotopic (exact) mass is 277 g/mol. The fraction of sp³-hybridized carbons (Fsp3) is 0.308. The number of pyridine rings is 1. The third kappa shape index (κ3) is 2.73. The molecule has 5 nitrogen and oxygen atoms in total. The number of nitrogens with two attached hydrogens (primary N) is 1. The predicted molar refractivity (Wildman–Crippen MR) is 74.9 cm³/mol. The Kier molecular flexibility index (Phi) is 3.28. The average Bonchev–Trinajstić information content (AvgIpc) is 2.78. The molecule has 0 aliphatic rings. The zero-order valence-electron chi connectivity index (χ0n) is 11.0. The minimum absolute atomic E-state index is 0.0270. The van der Waals surface area contributed by atoms with Gasteiger partial charge in [-0.3, -0.25) is 14.2 Å². The van der Waals surface area contributed by atoms with Gasteiger partial charge >= 0.3 is 0 Å². The number of carbonyl (C=O) groups excluding carboxylic acids is 1. The summed E-state index contributed by atoms with van der Waals surface area (Å²) in [4.78, 5) is 28.3. The van der Waals surface area contributed by atoms with Crippen molar-refractivity contribution in [1.29, 1.82) is 0 Å². The first-order chi connectivity index (χ1) is 8.79. The van der Waals surface area contributed by atoms with E-state index in [0.717, 1.165) is 4.88 Å². The summed E-state index contributed by atoms with van der Waals surface area (Å²) in [6.45, 7) is 6.23. The summed E-state index contributed by atoms with van der Waals surface area (Å²) >= 11 is 1.43. The number of aromatic nitrogens is 2. The number of amides is 1. The maximum Gasteiger partial charge on any atom is 0.256 e. The van der Waals surface area contributed by atoms with Crippen LogP contribution in [0.5, 0.6) is 0 Å². The van der Waals surface area contributed by atoms with Gasteiger partial charge in [-0.2, -0.15) is 0 Å². The van der Waals surface area contributed by atoms with Crippen LogP contribution in [0.25, 0.3) is 5.13 Å². The van der Waals surface area contributed by atoms with Crippen LogP contribution in [0.15, 0.2) is 29.3 Å². The van der Waals surface area contributed by atoms with E-state index in [0.29, 0.717) is 5.13 Å². The van der Waals surface area contributed by atoms with E-state index in [9.17, 15) is 9.59 Å². The molecule has 2 heterocycles. The summed E-state index contributed by atoms with van der Waals surface area (Å²) in [5, 5.41) is 0.540. The first kappa shape index (κ1) is 13.5. The number of thiazole rings is 1. The molecule has 2 N–H and O–H groups in total. The van der Waals surface area contributed by atoms with E-state index in [1.54, 1.807) is 6.20 Å². The van der Waals surface area contributed by atoms with Gasteiger partial charge in [0.1, 0.15) is 0 Å². The lowest BCUT2D eigenvalue weighted by Crippen LogP contribution is -2.20. The third-order valence-electron chi connectivity index (χ3n) is 2.63. The molecule has 2 rings (SSSR count). The number of rotatable bonds is 2. The molecule has 0 aliphatic carbocycles. The van der Waals surface area contributed by atoms with Gasteiger partial charge in [-0.05, 0) is 11.5 Å². The molecule has 19 heavy (non-hydrogen) atoms. The largest absolute Gasteiger partial charge is 0.366 e. The minimum atomic E-state index is -0.568. The Morgan fingerprint density at radius 1 is 1.37 bits per heavy atom. The lowest BCUT2D eigenvalue weighted by molar-refractivity contribution is 0.0999. The Morgan fingerprint density at radius 3 is 2.58 bits per heavy atom. The average molecular weight is 277 g/mol. The van der Waals surface area contributed by atoms with Gasteiger partial charge in [0.05, 0.1) is 5.56 Å². The molecule has 6 heteroatoms. The van der Waals surface area contributed by atoms with Crippen LogP contribution in [0.3, 0.4) is 0 Å². The molecule has 0 saturated heterocycles. The summed E-state index contributed by atoms with van der Waals surface area (Å²) in [6.07, 6.45) is 3.18. The molecule has 2 aromatic rings. The van der Waals surface area contributed by atoms with Gasteiger partial charge in [-0.1, -0.05) is 20.8 Å². The van der Waals surface area contributed by atoms with E-state index < -0.39 is 5.91 Å². The summed E-state index contributed by atoms with van der Waals surface area (Å²) in [5.74, 6) is -0.568. The number of primary amides is 1. The van der Waals surface area contributed by atoms with Gasteiger partial charge in [0.25, 0.3) is 5.56 Å². The number of nitrogens with zero attached hydrogens (tertiary/aromatic N) is 2. The summed E-state index contributed by atoms with van der Waals surface area (Å²) < 4.78 is 1.35. The first-order valence-corrected chi connectivity index (χ1v) is 6.60. The molecule has 2 aromatic heterocycles. The van der Waals surface area contributed by atoms with E-state index >= 15 is 0 Å². The quantitative estimate of drug-likeness (QED) is 0.907. The highest BCUT2D eigenvalue weighted by molar-refractivity contribution is 7.14. The van der Waals surface area contributed by atoms with E-state index in [1.807, 2.05) is 0 Å². The summed E-state index contributed by atoms with van der Waals surface area (Å²) in [6, 6.07) is 2.73. The zero-order chi connectivity index (χ0) is 14.2. The van der Waals surface area contributed by atoms with Gasteiger partial charge in [-0.15, -0.1) is 11.3 Å². The van der Waals surface area contributed by atoms with Crippen LogP contribution in [-0.4, -0.2) is 15.5 Å². The predicted octanol–water partition coefficient (Wildman–Crippen LogP) is 1.69. The van der Waals surface area contributed by atoms with Crippen LogP contribution in [0.1, 0.15) is 36.0 Å². The third-order valence-corrected chi connectivity index (χ3v) is 4.06. The van der Waals surface area contributed by atoms with Crippen LogP contribution in [0.2, 0.25) is 0 Å². The SMILES string of the molecule is CC(C)(C)c1cnc(-n2cc(C(N)=O)ccc2=O)s1. The topological polar surface area (TPSA) is 78.0 Å². The number of carbonyl (C=O) groups is 1. The molecular weight excluding hydrogens is 262 g/mol. The molecule has 0 spiro atoms. The van der Waals surface area contributed by atoms with Crippen molar-refractivity contribution in [1.82, 2.24) is 9.55 Å². The zero-order valence-corrected chi connectivity index (χ0v) is 11.8. The fourth-order valence-corrected chi connectivity index (χ4v) is 2.46. The number of hydrogen-bond donors (Lipinski definition) is 1. The van der Waals surface area contributed by atoms with Crippen molar-refractivity contribution < 1.29 is 4.79 Å². The minimum Gasteiger partial charge on any atom is -0.366 e. The Bertz CT molecular complexity index is 680. The molecule has 0 bridgehead atoms. The Hall–Kier alpha value is -1.95. The van der Waals surface area contributed by atoms with Gasteiger partial charge in [0.15, 0.2) is 5.13 Å². The summed E-state index contributed by atoms with van der Waals surface area (Å²) in [7, 11) is 0. The lowest BCUT2D eigenvalue weighted by atomic mass is 9.96. The van der Waals surface area contributed by atoms with Crippen LogP contribution in [-0.2, 0) is 5.41 Å². The lowest BCUT2D eigenvalue weighted by Gasteiger charge is -2.14. The highest BCUT2D eigenvalue weighted by Gasteiger charge is 2.18. The highest BCUT2D eigenvalue weighted by atomic mass is 32.1. The Labute approximate surface area is 114 Å². The Balaban J connectivity index is 2.53. The fourth-order valence-electron chi connectivity index (χ4n) is 1.51. The van der Waals surface area contributed by atoms with Crippen molar-refractivity contribution in [2.45, 2.75) is 26.2 Å². The second kappa shape index (κ2) is 4.62. The highest BCUT2D eigenvalue weighted by Crippen LogP contribution is 2.28. The van der Waals surface area contributed by atoms with E-state index in [-0.39, 0.29) is 16.5 Å². The normalized spacial score (nSPS) is 11.5. The van der Waals surface area contributed by atoms with E-state index in [1.165, 1.54) is 34.2 Å². The maximum absolute atomic E-state index is 11.8. The molecule has 100 valence electrons. The van der Waals surface area contributed by atoms with Crippen molar-refractivity contribution in [3.05, 3.63) is 45.3 Å². The molecule has 0 aromatic carbocycles. The molecule has 1 amide bonds. The van der Waals surface area contributed by atoms with Crippen molar-refractivity contribution >= 4 is 17.2 Å². The van der Waals surface area contributed by atoms with Crippen molar-refractivity contribution in [2.75, 3.05) is 0 Å². The first-order valence-electron chi connectivity index (χ1n) is 5.78. The van der Waals surface area contributed by atoms with Gasteiger partial charge < -0.3 is 5.73 Å². The molecule has 0 fully saturated rings. The van der Waals surface area contributed by atoms with Crippen LogP contribution < -0.4 is 11.3 Å². The smallest absolute Gasteiger partial charge is 0.256 e. The van der Waals surface area contributed by atoms with Crippen LogP contribution in [0, 0.1) is 0 Å². The maximum atomic E-state index is 11.8. The van der Waals surface area contributed by atoms with Gasteiger partial charge in [0, 0.05) is 23.3 Å². The van der Waals surface area contributed by atoms with Crippen molar-refractivity contribution in [3.8, 4) is 5.13 Å². The second-order valence-electron chi connectivity index (χ2n) is 5.25. The number of hydrogen-bond acceptors (Lipinski definition) is 4. The molecule has 0 atom stereocenters. The van der Waals surface area contributed by atoms with Crippen molar-refractivity contribution in [3.63, 3.8) is 0 Å². The summed E-state index contributed by atoms with van der Waals surface area (Å²) in [5.41, 5.74) is 5.24. The standard InChI is InChI=1S/C13H15N3O2S/c1-13(2,3)9-6-15-12(19-9)16-7-8(11(14)18)4-5-10(16)17/h4-7H,1-3H3,(H2,14,18). The van der Waals surface area contributed by atoms with Crippen LogP contribution >= 0.6 is 11.3 Å². The second-order valence-corrected chi connectivity index (χ2v) is 6.26. The van der Waals surface area contributed by atoms with E-state index in [4.69, 9.17) is 5.73 Å². The van der Waals surface area contributed by atoms with Crippen molar-refractivity contribution in [2.24, 2.45) is 5.73 Å². The molecule has 0 radical (unpaired) electrons. The van der Waals surface area contributed by atoms with Gasteiger partial charge in [-0.25, -0.2) is 4.98 Å². The Morgan fingerprint density at radius 2 is 2.05 bits per heavy atom. The molecular formula is C13H15N3O2S. The van der Waals surface area contributed by atoms with Crippen LogP contribution in [0.4, 0.5) is 0 Å². The molecule has 0 aliphatic heterocycles. The van der Waals surface area contributed by atoms with E-state index in [2.05, 4.69) is 25.8 Å².